The van der Waals surface area contributed by atoms with Crippen molar-refractivity contribution < 1.29 is 4.79 Å². The van der Waals surface area contributed by atoms with E-state index in [1.54, 1.807) is 11.3 Å². The van der Waals surface area contributed by atoms with Crippen LogP contribution in [0.15, 0.2) is 29.1 Å². The average molecular weight is 398 g/mol. The van der Waals surface area contributed by atoms with Crippen LogP contribution < -0.4 is 15.8 Å². The maximum absolute atomic E-state index is 12.9. The fourth-order valence-electron chi connectivity index (χ4n) is 3.57. The summed E-state index contributed by atoms with van der Waals surface area (Å²) >= 11 is 1.56. The van der Waals surface area contributed by atoms with Crippen molar-refractivity contribution in [1.29, 1.82) is 0 Å². The van der Waals surface area contributed by atoms with Gasteiger partial charge in [0.15, 0.2) is 4.83 Å². The van der Waals surface area contributed by atoms with E-state index in [1.165, 1.54) is 4.88 Å². The van der Waals surface area contributed by atoms with Crippen LogP contribution >= 0.6 is 11.3 Å². The number of aryl methyl sites for hydroxylation is 1. The van der Waals surface area contributed by atoms with E-state index in [2.05, 4.69) is 22.6 Å². The number of thiophene rings is 1. The zero-order chi connectivity index (χ0) is 19.8. The third-order valence-corrected chi connectivity index (χ3v) is 6.28. The van der Waals surface area contributed by atoms with Crippen LogP contribution in [-0.2, 0) is 24.2 Å². The Morgan fingerprint density at radius 1 is 1.32 bits per heavy atom. The average Bonchev–Trinajstić information content (AvgIpc) is 3.02. The highest BCUT2D eigenvalue weighted by Gasteiger charge is 2.24. The van der Waals surface area contributed by atoms with Gasteiger partial charge in [-0.2, -0.15) is 0 Å². The Hall–Kier alpha value is -2.74. The first-order chi connectivity index (χ1) is 13.4. The van der Waals surface area contributed by atoms with Crippen molar-refractivity contribution >= 4 is 38.8 Å². The monoisotopic (exact) mass is 397 g/mol. The molecule has 1 atom stereocenters. The van der Waals surface area contributed by atoms with E-state index in [4.69, 9.17) is 0 Å². The predicted molar refractivity (Wildman–Crippen MR) is 112 cm³/mol. The van der Waals surface area contributed by atoms with Crippen LogP contribution in [0.2, 0.25) is 0 Å². The van der Waals surface area contributed by atoms with Gasteiger partial charge in [-0.15, -0.1) is 16.4 Å². The molecular formula is C20H23N5O2S. The second-order valence-electron chi connectivity index (χ2n) is 7.57. The minimum atomic E-state index is -0.300. The number of amides is 1. The van der Waals surface area contributed by atoms with Gasteiger partial charge < -0.3 is 10.2 Å². The summed E-state index contributed by atoms with van der Waals surface area (Å²) < 4.78 is 1.16. The Morgan fingerprint density at radius 2 is 2.07 bits per heavy atom. The van der Waals surface area contributed by atoms with Crippen LogP contribution in [0.5, 0.6) is 0 Å². The molecule has 1 aliphatic rings. The summed E-state index contributed by atoms with van der Waals surface area (Å²) in [7, 11) is 3.91. The molecule has 1 aromatic carbocycles. The molecule has 3 aromatic rings. The van der Waals surface area contributed by atoms with Crippen LogP contribution in [0.4, 0.5) is 11.4 Å². The number of benzene rings is 1. The van der Waals surface area contributed by atoms with E-state index in [0.717, 1.165) is 35.2 Å². The van der Waals surface area contributed by atoms with Crippen LogP contribution in [0.1, 0.15) is 23.8 Å². The molecule has 0 spiro atoms. The fraction of sp³-hybridized carbons (Fsp3) is 0.400. The van der Waals surface area contributed by atoms with Gasteiger partial charge in [0.2, 0.25) is 5.91 Å². The molecule has 1 amide bonds. The Morgan fingerprint density at radius 3 is 2.79 bits per heavy atom. The van der Waals surface area contributed by atoms with Gasteiger partial charge in [-0.05, 0) is 55.0 Å². The smallest absolute Gasteiger partial charge is 0.279 e. The molecule has 1 aliphatic carbocycles. The van der Waals surface area contributed by atoms with Crippen molar-refractivity contribution in [2.24, 2.45) is 5.92 Å². The largest absolute Gasteiger partial charge is 0.378 e. The van der Waals surface area contributed by atoms with Crippen LogP contribution in [-0.4, -0.2) is 35.0 Å². The quantitative estimate of drug-likeness (QED) is 0.732. The number of rotatable bonds is 4. The molecule has 1 N–H and O–H groups in total. The molecule has 146 valence electrons. The summed E-state index contributed by atoms with van der Waals surface area (Å²) in [6, 6.07) is 7.52. The molecule has 2 heterocycles. The van der Waals surface area contributed by atoms with E-state index in [-0.39, 0.29) is 18.0 Å². The lowest BCUT2D eigenvalue weighted by molar-refractivity contribution is -0.117. The number of nitrogens with zero attached hydrogens (tertiary/aromatic N) is 4. The molecule has 8 heteroatoms. The molecule has 2 aromatic heterocycles. The Labute approximate surface area is 167 Å². The number of nitrogens with one attached hydrogen (secondary N) is 1. The fourth-order valence-corrected chi connectivity index (χ4v) is 4.89. The summed E-state index contributed by atoms with van der Waals surface area (Å²) in [5.41, 5.74) is 2.60. The topological polar surface area (TPSA) is 80.1 Å². The second kappa shape index (κ2) is 7.35. The van der Waals surface area contributed by atoms with Crippen molar-refractivity contribution in [1.82, 2.24) is 15.0 Å². The van der Waals surface area contributed by atoms with Crippen molar-refractivity contribution in [2.75, 3.05) is 24.3 Å². The maximum atomic E-state index is 12.9. The van der Waals surface area contributed by atoms with Gasteiger partial charge in [0.25, 0.3) is 5.56 Å². The summed E-state index contributed by atoms with van der Waals surface area (Å²) in [4.78, 5) is 29.2. The van der Waals surface area contributed by atoms with Crippen molar-refractivity contribution in [3.8, 4) is 0 Å². The molecule has 0 bridgehead atoms. The predicted octanol–water partition coefficient (Wildman–Crippen LogP) is 2.68. The number of aromatic nitrogens is 3. The second-order valence-corrected chi connectivity index (χ2v) is 8.66. The number of hydrogen-bond acceptors (Lipinski definition) is 6. The maximum Gasteiger partial charge on any atom is 0.279 e. The third-order valence-electron chi connectivity index (χ3n) is 5.15. The molecule has 4 rings (SSSR count). The lowest BCUT2D eigenvalue weighted by Gasteiger charge is -2.17. The first-order valence-corrected chi connectivity index (χ1v) is 10.2. The lowest BCUT2D eigenvalue weighted by Crippen LogP contribution is -2.30. The molecule has 28 heavy (non-hydrogen) atoms. The first-order valence-electron chi connectivity index (χ1n) is 9.37. The van der Waals surface area contributed by atoms with E-state index in [9.17, 15) is 9.59 Å². The lowest BCUT2D eigenvalue weighted by atomic mass is 9.89. The summed E-state index contributed by atoms with van der Waals surface area (Å²) in [6.07, 6.45) is 2.95. The third kappa shape index (κ3) is 3.52. The zero-order valence-electron chi connectivity index (χ0n) is 16.2. The number of carbonyl (C=O) groups excluding carboxylic acids is 1. The number of carbonyl (C=O) groups is 1. The molecule has 0 saturated carbocycles. The Balaban J connectivity index is 1.55. The van der Waals surface area contributed by atoms with E-state index < -0.39 is 0 Å². The molecule has 0 unspecified atom stereocenters. The van der Waals surface area contributed by atoms with Gasteiger partial charge in [-0.1, -0.05) is 12.1 Å². The standard InChI is InChI=1S/C20H23N5O2S/c1-12-4-9-15-16(10-12)28-19-18(15)20(27)25(23-22-19)11-17(26)21-13-5-7-14(8-6-13)24(2)3/h5-8,12H,4,9-11H2,1-3H3,(H,21,26)/t12-/m1/s1. The van der Waals surface area contributed by atoms with Crippen LogP contribution in [0.3, 0.4) is 0 Å². The Kier molecular flexibility index (Phi) is 4.89. The van der Waals surface area contributed by atoms with Crippen molar-refractivity contribution in [3.63, 3.8) is 0 Å². The molecule has 0 fully saturated rings. The SMILES string of the molecule is C[C@@H]1CCc2c(sc3nnn(CC(=O)Nc4ccc(N(C)C)cc4)c(=O)c23)C1. The van der Waals surface area contributed by atoms with Gasteiger partial charge in [-0.3, -0.25) is 9.59 Å². The molecule has 0 radical (unpaired) electrons. The van der Waals surface area contributed by atoms with Gasteiger partial charge in [0, 0.05) is 30.3 Å². The molecule has 0 aliphatic heterocycles. The number of fused-ring (bicyclic) bond motifs is 3. The minimum Gasteiger partial charge on any atom is -0.378 e. The minimum absolute atomic E-state index is 0.155. The van der Waals surface area contributed by atoms with E-state index >= 15 is 0 Å². The van der Waals surface area contributed by atoms with Gasteiger partial charge in [-0.25, -0.2) is 4.68 Å². The molecular weight excluding hydrogens is 374 g/mol. The normalized spacial score (nSPS) is 16.0. The number of hydrogen-bond donors (Lipinski definition) is 1. The van der Waals surface area contributed by atoms with Crippen LogP contribution in [0.25, 0.3) is 10.2 Å². The van der Waals surface area contributed by atoms with E-state index in [0.29, 0.717) is 21.8 Å². The highest BCUT2D eigenvalue weighted by molar-refractivity contribution is 7.18. The Bertz CT molecular complexity index is 1080. The summed E-state index contributed by atoms with van der Waals surface area (Å²) in [5.74, 6) is 0.325. The molecule has 0 saturated heterocycles. The van der Waals surface area contributed by atoms with Crippen LogP contribution in [0, 0.1) is 5.92 Å². The van der Waals surface area contributed by atoms with E-state index in [1.807, 2.05) is 43.3 Å². The van der Waals surface area contributed by atoms with Crippen molar-refractivity contribution in [3.05, 3.63) is 45.1 Å². The van der Waals surface area contributed by atoms with Gasteiger partial charge in [0.05, 0.1) is 5.39 Å². The highest BCUT2D eigenvalue weighted by Crippen LogP contribution is 2.35. The zero-order valence-corrected chi connectivity index (χ0v) is 17.0. The van der Waals surface area contributed by atoms with Crippen molar-refractivity contribution in [2.45, 2.75) is 32.7 Å². The molecule has 7 nitrogen and oxygen atoms in total. The summed E-state index contributed by atoms with van der Waals surface area (Å²) in [6.45, 7) is 2.07. The van der Waals surface area contributed by atoms with Gasteiger partial charge in [0.1, 0.15) is 6.54 Å². The number of anilines is 2. The first kappa shape index (κ1) is 18.6. The van der Waals surface area contributed by atoms with Gasteiger partial charge >= 0.3 is 0 Å². The highest BCUT2D eigenvalue weighted by atomic mass is 32.1. The summed E-state index contributed by atoms with van der Waals surface area (Å²) in [5, 5.41) is 11.6.